The molecule has 6 nitrogen and oxygen atoms in total. The van der Waals surface area contributed by atoms with Crippen LogP contribution < -0.4 is 10.6 Å². The first-order valence-electron chi connectivity index (χ1n) is 7.29. The maximum Gasteiger partial charge on any atom is 0.291 e. The molecule has 2 aromatic heterocycles. The molecule has 0 radical (unpaired) electrons. The topological polar surface area (TPSA) is 84.5 Å². The summed E-state index contributed by atoms with van der Waals surface area (Å²) in [6.07, 6.45) is 4.26. The fraction of sp³-hybridized carbons (Fsp3) is 0. The number of benzene rings is 1. The lowest BCUT2D eigenvalue weighted by Crippen LogP contribution is -2.30. The molecule has 0 unspecified atom stereocenters. The maximum atomic E-state index is 12.5. The molecule has 3 aromatic rings. The Morgan fingerprint density at radius 3 is 2.32 bits per heavy atom. The zero-order valence-corrected chi connectivity index (χ0v) is 13.6. The highest BCUT2D eigenvalue weighted by Crippen LogP contribution is 2.15. The van der Waals surface area contributed by atoms with Crippen LogP contribution in [0, 0.1) is 0 Å². The molecular formula is C18H13ClN2O4. The van der Waals surface area contributed by atoms with Crippen LogP contribution >= 0.6 is 11.6 Å². The van der Waals surface area contributed by atoms with Crippen LogP contribution in [-0.4, -0.2) is 11.8 Å². The summed E-state index contributed by atoms with van der Waals surface area (Å²) in [6, 6.07) is 13.0. The van der Waals surface area contributed by atoms with E-state index in [-0.39, 0.29) is 11.5 Å². The number of halogens is 1. The van der Waals surface area contributed by atoms with Gasteiger partial charge in [0.1, 0.15) is 11.5 Å². The van der Waals surface area contributed by atoms with E-state index in [0.29, 0.717) is 16.5 Å². The van der Waals surface area contributed by atoms with Crippen molar-refractivity contribution in [3.63, 3.8) is 0 Å². The molecule has 7 heteroatoms. The van der Waals surface area contributed by atoms with Gasteiger partial charge in [-0.25, -0.2) is 0 Å². The Bertz CT molecular complexity index is 882. The lowest BCUT2D eigenvalue weighted by molar-refractivity contribution is -0.113. The van der Waals surface area contributed by atoms with Crippen molar-refractivity contribution in [3.8, 4) is 0 Å². The fourth-order valence-electron chi connectivity index (χ4n) is 2.00. The summed E-state index contributed by atoms with van der Waals surface area (Å²) in [5, 5.41) is 5.75. The van der Waals surface area contributed by atoms with Crippen molar-refractivity contribution in [1.82, 2.24) is 5.32 Å². The Labute approximate surface area is 148 Å². The van der Waals surface area contributed by atoms with E-state index < -0.39 is 11.8 Å². The van der Waals surface area contributed by atoms with Crippen molar-refractivity contribution >= 4 is 35.2 Å². The van der Waals surface area contributed by atoms with Crippen molar-refractivity contribution in [2.45, 2.75) is 0 Å². The van der Waals surface area contributed by atoms with Crippen molar-refractivity contribution in [3.05, 3.63) is 83.3 Å². The fourth-order valence-corrected chi connectivity index (χ4v) is 2.12. The molecule has 2 heterocycles. The molecule has 1 aromatic carbocycles. The van der Waals surface area contributed by atoms with Gasteiger partial charge >= 0.3 is 0 Å². The predicted octanol–water partition coefficient (Wildman–Crippen LogP) is 3.94. The zero-order chi connectivity index (χ0) is 17.6. The van der Waals surface area contributed by atoms with E-state index in [9.17, 15) is 9.59 Å². The van der Waals surface area contributed by atoms with Gasteiger partial charge in [0, 0.05) is 16.8 Å². The third-order valence-corrected chi connectivity index (χ3v) is 3.42. The van der Waals surface area contributed by atoms with Gasteiger partial charge < -0.3 is 19.5 Å². The highest BCUT2D eigenvalue weighted by atomic mass is 35.5. The summed E-state index contributed by atoms with van der Waals surface area (Å²) in [5.74, 6) is -0.557. The minimum Gasteiger partial charge on any atom is -0.465 e. The Kier molecular flexibility index (Phi) is 5.01. The Balaban J connectivity index is 1.81. The van der Waals surface area contributed by atoms with Gasteiger partial charge in [0.05, 0.1) is 12.5 Å². The molecule has 0 fully saturated rings. The van der Waals surface area contributed by atoms with Gasteiger partial charge in [-0.15, -0.1) is 0 Å². The third kappa shape index (κ3) is 4.39. The number of amides is 2. The van der Waals surface area contributed by atoms with E-state index in [1.165, 1.54) is 24.7 Å². The van der Waals surface area contributed by atoms with Gasteiger partial charge in [0.2, 0.25) is 0 Å². The minimum absolute atomic E-state index is 0.00583. The zero-order valence-electron chi connectivity index (χ0n) is 12.9. The lowest BCUT2D eigenvalue weighted by atomic mass is 10.2. The van der Waals surface area contributed by atoms with Crippen molar-refractivity contribution in [2.75, 3.05) is 5.32 Å². The van der Waals surface area contributed by atoms with Crippen molar-refractivity contribution in [2.24, 2.45) is 0 Å². The number of furan rings is 2. The van der Waals surface area contributed by atoms with Crippen molar-refractivity contribution in [1.29, 1.82) is 0 Å². The number of anilines is 1. The van der Waals surface area contributed by atoms with Gasteiger partial charge in [-0.1, -0.05) is 11.6 Å². The van der Waals surface area contributed by atoms with E-state index in [4.69, 9.17) is 20.4 Å². The van der Waals surface area contributed by atoms with Crippen LogP contribution in [0.4, 0.5) is 5.69 Å². The van der Waals surface area contributed by atoms with E-state index in [2.05, 4.69) is 10.6 Å². The van der Waals surface area contributed by atoms with E-state index in [0.717, 1.165) is 0 Å². The predicted molar refractivity (Wildman–Crippen MR) is 92.9 cm³/mol. The summed E-state index contributed by atoms with van der Waals surface area (Å²) in [5.41, 5.74) is 0.540. The maximum absolute atomic E-state index is 12.5. The van der Waals surface area contributed by atoms with Crippen LogP contribution in [0.1, 0.15) is 16.3 Å². The molecule has 0 bridgehead atoms. The van der Waals surface area contributed by atoms with Gasteiger partial charge in [-0.05, 0) is 48.5 Å². The molecule has 2 N–H and O–H groups in total. The van der Waals surface area contributed by atoms with Crippen LogP contribution in [0.25, 0.3) is 6.08 Å². The van der Waals surface area contributed by atoms with E-state index in [1.807, 2.05) is 0 Å². The average molecular weight is 357 g/mol. The second kappa shape index (κ2) is 7.55. The summed E-state index contributed by atoms with van der Waals surface area (Å²) in [4.78, 5) is 24.7. The molecular weight excluding hydrogens is 344 g/mol. The smallest absolute Gasteiger partial charge is 0.291 e. The highest BCUT2D eigenvalue weighted by molar-refractivity contribution is 6.30. The summed E-state index contributed by atoms with van der Waals surface area (Å²) in [7, 11) is 0. The first-order chi connectivity index (χ1) is 12.1. The number of nitrogens with one attached hydrogen (secondary N) is 2. The molecule has 0 aliphatic rings. The summed E-state index contributed by atoms with van der Waals surface area (Å²) >= 11 is 5.83. The number of carbonyl (C=O) groups is 2. The first-order valence-corrected chi connectivity index (χ1v) is 7.66. The Hall–Kier alpha value is -3.25. The normalized spacial score (nSPS) is 11.2. The molecule has 3 rings (SSSR count). The summed E-state index contributed by atoms with van der Waals surface area (Å²) in [6.45, 7) is 0. The monoisotopic (exact) mass is 356 g/mol. The minimum atomic E-state index is -0.547. The standard InChI is InChI=1S/C18H13ClN2O4/c19-12-5-7-13(8-6-12)20-17(22)15(11-14-3-1-9-24-14)21-18(23)16-4-2-10-25-16/h1-11H,(H,20,22)(H,21,23). The van der Waals surface area contributed by atoms with Crippen molar-refractivity contribution < 1.29 is 18.4 Å². The number of rotatable bonds is 5. The van der Waals surface area contributed by atoms with Crippen LogP contribution in [0.15, 0.2) is 75.6 Å². The molecule has 0 atom stereocenters. The van der Waals surface area contributed by atoms with Gasteiger partial charge in [0.25, 0.3) is 11.8 Å². The van der Waals surface area contributed by atoms with Gasteiger partial charge in [-0.3, -0.25) is 9.59 Å². The quantitative estimate of drug-likeness (QED) is 0.678. The van der Waals surface area contributed by atoms with Crippen LogP contribution in [0.2, 0.25) is 5.02 Å². The van der Waals surface area contributed by atoms with Gasteiger partial charge in [-0.2, -0.15) is 0 Å². The van der Waals surface area contributed by atoms with E-state index in [1.54, 1.807) is 42.5 Å². The molecule has 0 saturated heterocycles. The largest absolute Gasteiger partial charge is 0.465 e. The van der Waals surface area contributed by atoms with Crippen LogP contribution in [0.5, 0.6) is 0 Å². The summed E-state index contributed by atoms with van der Waals surface area (Å²) < 4.78 is 10.2. The molecule has 2 amide bonds. The third-order valence-electron chi connectivity index (χ3n) is 3.17. The average Bonchev–Trinajstić information content (AvgIpc) is 3.29. The number of carbonyl (C=O) groups excluding carboxylic acids is 2. The molecule has 0 saturated carbocycles. The van der Waals surface area contributed by atoms with Crippen LogP contribution in [-0.2, 0) is 4.79 Å². The Morgan fingerprint density at radius 2 is 1.68 bits per heavy atom. The van der Waals surface area contributed by atoms with E-state index >= 15 is 0 Å². The van der Waals surface area contributed by atoms with Crippen LogP contribution in [0.3, 0.4) is 0 Å². The highest BCUT2D eigenvalue weighted by Gasteiger charge is 2.17. The first kappa shape index (κ1) is 16.6. The second-order valence-corrected chi connectivity index (χ2v) is 5.40. The molecule has 0 aliphatic heterocycles. The second-order valence-electron chi connectivity index (χ2n) is 4.97. The molecule has 0 aliphatic carbocycles. The SMILES string of the molecule is O=C(Nc1ccc(Cl)cc1)C(=Cc1ccco1)NC(=O)c1ccco1. The number of hydrogen-bond acceptors (Lipinski definition) is 4. The van der Waals surface area contributed by atoms with Gasteiger partial charge in [0.15, 0.2) is 5.76 Å². The number of hydrogen-bond donors (Lipinski definition) is 2. The Morgan fingerprint density at radius 1 is 0.960 bits per heavy atom. The molecule has 126 valence electrons. The lowest BCUT2D eigenvalue weighted by Gasteiger charge is -2.10. The molecule has 25 heavy (non-hydrogen) atoms. The molecule has 0 spiro atoms.